The van der Waals surface area contributed by atoms with Crippen LogP contribution in [-0.2, 0) is 12.6 Å². The number of ether oxygens (including phenoxy) is 2. The molecular formula is C14H16F3NO2. The zero-order valence-corrected chi connectivity index (χ0v) is 10.9. The maximum Gasteiger partial charge on any atom is 0.416 e. The van der Waals surface area contributed by atoms with Crippen LogP contribution in [0.5, 0.6) is 11.5 Å². The van der Waals surface area contributed by atoms with Gasteiger partial charge in [-0.2, -0.15) is 13.2 Å². The molecule has 20 heavy (non-hydrogen) atoms. The number of alkyl halides is 3. The van der Waals surface area contributed by atoms with Crippen molar-refractivity contribution in [3.8, 4) is 11.5 Å². The summed E-state index contributed by atoms with van der Waals surface area (Å²) in [5.74, 6) is 0.952. The predicted molar refractivity (Wildman–Crippen MR) is 66.9 cm³/mol. The Morgan fingerprint density at radius 1 is 1.15 bits per heavy atom. The minimum atomic E-state index is -4.36. The van der Waals surface area contributed by atoms with E-state index in [9.17, 15) is 13.2 Å². The van der Waals surface area contributed by atoms with Crippen LogP contribution in [0, 0.1) is 5.92 Å². The first-order valence-electron chi connectivity index (χ1n) is 6.75. The predicted octanol–water partition coefficient (Wildman–Crippen LogP) is 2.98. The number of hydrogen-bond donors (Lipinski definition) is 1. The molecule has 0 aromatic heterocycles. The van der Waals surface area contributed by atoms with Crippen molar-refractivity contribution >= 4 is 0 Å². The smallest absolute Gasteiger partial charge is 0.416 e. The Bertz CT molecular complexity index is 496. The summed E-state index contributed by atoms with van der Waals surface area (Å²) in [5.41, 5.74) is -0.348. The number of halogens is 3. The fraction of sp³-hybridized carbons (Fsp3) is 0.571. The molecule has 0 unspecified atom stereocenters. The van der Waals surface area contributed by atoms with Crippen molar-refractivity contribution < 1.29 is 22.6 Å². The zero-order valence-electron chi connectivity index (χ0n) is 10.9. The molecule has 2 heterocycles. The summed E-state index contributed by atoms with van der Waals surface area (Å²) in [6.07, 6.45) is -2.18. The van der Waals surface area contributed by atoms with Crippen LogP contribution in [-0.4, -0.2) is 19.9 Å². The average Bonchev–Trinajstić information content (AvgIpc) is 2.87. The summed E-state index contributed by atoms with van der Waals surface area (Å²) in [6.45, 7) is 1.71. The highest BCUT2D eigenvalue weighted by Crippen LogP contribution is 2.44. The van der Waals surface area contributed by atoms with E-state index in [4.69, 9.17) is 9.47 Å². The van der Waals surface area contributed by atoms with Gasteiger partial charge in [0.2, 0.25) is 6.79 Å². The lowest BCUT2D eigenvalue weighted by molar-refractivity contribution is -0.138. The van der Waals surface area contributed by atoms with E-state index in [0.717, 1.165) is 32.0 Å². The van der Waals surface area contributed by atoms with E-state index in [2.05, 4.69) is 5.32 Å². The number of hydrogen-bond acceptors (Lipinski definition) is 3. The van der Waals surface area contributed by atoms with Crippen LogP contribution in [0.3, 0.4) is 0 Å². The van der Waals surface area contributed by atoms with E-state index >= 15 is 0 Å². The van der Waals surface area contributed by atoms with Gasteiger partial charge in [-0.25, -0.2) is 0 Å². The topological polar surface area (TPSA) is 30.5 Å². The molecule has 1 saturated heterocycles. The number of fused-ring (bicyclic) bond motifs is 1. The second-order valence-corrected chi connectivity index (χ2v) is 5.22. The van der Waals surface area contributed by atoms with Crippen molar-refractivity contribution in [2.45, 2.75) is 25.4 Å². The molecular weight excluding hydrogens is 271 g/mol. The molecule has 0 spiro atoms. The number of nitrogens with one attached hydrogen (secondary N) is 1. The molecule has 1 fully saturated rings. The number of benzene rings is 1. The second kappa shape index (κ2) is 5.16. The Morgan fingerprint density at radius 3 is 2.60 bits per heavy atom. The Hall–Kier alpha value is -1.43. The maximum atomic E-state index is 13.2. The second-order valence-electron chi connectivity index (χ2n) is 5.22. The average molecular weight is 287 g/mol. The number of rotatable bonds is 2. The van der Waals surface area contributed by atoms with Crippen molar-refractivity contribution in [1.29, 1.82) is 0 Å². The summed E-state index contributed by atoms with van der Waals surface area (Å²) in [4.78, 5) is 0. The van der Waals surface area contributed by atoms with Gasteiger partial charge < -0.3 is 14.8 Å². The van der Waals surface area contributed by atoms with Crippen molar-refractivity contribution in [1.82, 2.24) is 5.32 Å². The fourth-order valence-electron chi connectivity index (χ4n) is 2.87. The first-order valence-corrected chi connectivity index (χ1v) is 6.75. The molecule has 0 atom stereocenters. The van der Waals surface area contributed by atoms with Gasteiger partial charge in [0, 0.05) is 5.56 Å². The van der Waals surface area contributed by atoms with Crippen LogP contribution in [0.15, 0.2) is 12.1 Å². The summed E-state index contributed by atoms with van der Waals surface area (Å²) in [7, 11) is 0. The van der Waals surface area contributed by atoms with Gasteiger partial charge in [0.05, 0.1) is 5.56 Å². The standard InChI is InChI=1S/C14H16F3NO2/c15-14(16,17)11-1-2-12-13(20-8-19-12)10(11)7-9-3-5-18-6-4-9/h1-2,9,18H,3-8H2. The van der Waals surface area contributed by atoms with Crippen LogP contribution >= 0.6 is 0 Å². The SMILES string of the molecule is FC(F)(F)c1ccc2c(c1CC1CCNCC1)OCO2. The third-order valence-electron chi connectivity index (χ3n) is 3.90. The molecule has 1 N–H and O–H groups in total. The van der Waals surface area contributed by atoms with Gasteiger partial charge in [0.15, 0.2) is 11.5 Å². The van der Waals surface area contributed by atoms with Crippen LogP contribution in [0.2, 0.25) is 0 Å². The van der Waals surface area contributed by atoms with E-state index in [-0.39, 0.29) is 24.0 Å². The molecule has 0 amide bonds. The Balaban J connectivity index is 1.95. The molecule has 1 aromatic rings. The first kappa shape index (κ1) is 13.5. The molecule has 1 aromatic carbocycles. The van der Waals surface area contributed by atoms with Crippen LogP contribution in [0.1, 0.15) is 24.0 Å². The van der Waals surface area contributed by atoms with Gasteiger partial charge in [0.25, 0.3) is 0 Å². The highest BCUT2D eigenvalue weighted by atomic mass is 19.4. The van der Waals surface area contributed by atoms with Gasteiger partial charge in [-0.15, -0.1) is 0 Å². The molecule has 6 heteroatoms. The van der Waals surface area contributed by atoms with Crippen molar-refractivity contribution in [2.24, 2.45) is 5.92 Å². The van der Waals surface area contributed by atoms with Crippen molar-refractivity contribution in [3.63, 3.8) is 0 Å². The summed E-state index contributed by atoms with van der Waals surface area (Å²) in [5, 5.41) is 3.22. The number of piperidine rings is 1. The Kier molecular flexibility index (Phi) is 3.50. The van der Waals surface area contributed by atoms with E-state index < -0.39 is 11.7 Å². The van der Waals surface area contributed by atoms with Gasteiger partial charge in [-0.05, 0) is 50.4 Å². The molecule has 0 radical (unpaired) electrons. The normalized spacial score (nSPS) is 19.4. The fourth-order valence-corrected chi connectivity index (χ4v) is 2.87. The molecule has 3 nitrogen and oxygen atoms in total. The monoisotopic (exact) mass is 287 g/mol. The summed E-state index contributed by atoms with van der Waals surface area (Å²) in [6, 6.07) is 2.45. The van der Waals surface area contributed by atoms with Crippen LogP contribution < -0.4 is 14.8 Å². The minimum Gasteiger partial charge on any atom is -0.454 e. The highest BCUT2D eigenvalue weighted by Gasteiger charge is 2.37. The van der Waals surface area contributed by atoms with Gasteiger partial charge >= 0.3 is 6.18 Å². The Morgan fingerprint density at radius 2 is 1.90 bits per heavy atom. The maximum absolute atomic E-state index is 13.2. The van der Waals surface area contributed by atoms with E-state index in [1.54, 1.807) is 0 Å². The van der Waals surface area contributed by atoms with Crippen molar-refractivity contribution in [2.75, 3.05) is 19.9 Å². The zero-order chi connectivity index (χ0) is 14.2. The van der Waals surface area contributed by atoms with Crippen LogP contribution in [0.25, 0.3) is 0 Å². The summed E-state index contributed by atoms with van der Waals surface area (Å²) < 4.78 is 50.0. The molecule has 2 aliphatic heterocycles. The minimum absolute atomic E-state index is 0.00410. The lowest BCUT2D eigenvalue weighted by Gasteiger charge is -2.24. The van der Waals surface area contributed by atoms with E-state index in [0.29, 0.717) is 12.2 Å². The molecule has 2 aliphatic rings. The molecule has 0 saturated carbocycles. The molecule has 0 aliphatic carbocycles. The quantitative estimate of drug-likeness (QED) is 0.907. The lowest BCUT2D eigenvalue weighted by atomic mass is 9.88. The van der Waals surface area contributed by atoms with Gasteiger partial charge in [-0.1, -0.05) is 0 Å². The van der Waals surface area contributed by atoms with Gasteiger partial charge in [-0.3, -0.25) is 0 Å². The lowest BCUT2D eigenvalue weighted by Crippen LogP contribution is -2.29. The van der Waals surface area contributed by atoms with Crippen molar-refractivity contribution in [3.05, 3.63) is 23.3 Å². The summed E-state index contributed by atoms with van der Waals surface area (Å²) >= 11 is 0. The largest absolute Gasteiger partial charge is 0.454 e. The first-order chi connectivity index (χ1) is 9.55. The van der Waals surface area contributed by atoms with Gasteiger partial charge in [0.1, 0.15) is 0 Å². The molecule has 0 bridgehead atoms. The molecule has 3 rings (SSSR count). The molecule has 110 valence electrons. The van der Waals surface area contributed by atoms with Crippen LogP contribution in [0.4, 0.5) is 13.2 Å². The Labute approximate surface area is 115 Å². The highest BCUT2D eigenvalue weighted by molar-refractivity contribution is 5.53. The third kappa shape index (κ3) is 2.57. The van der Waals surface area contributed by atoms with E-state index in [1.807, 2.05) is 0 Å². The third-order valence-corrected chi connectivity index (χ3v) is 3.90. The van der Waals surface area contributed by atoms with E-state index in [1.165, 1.54) is 6.07 Å².